The Hall–Kier alpha value is -3.84. The molecule has 0 bridgehead atoms. The summed E-state index contributed by atoms with van der Waals surface area (Å²) in [6.45, 7) is 1.78. The van der Waals surface area contributed by atoms with Crippen LogP contribution in [0.2, 0.25) is 5.02 Å². The molecule has 2 aromatic heterocycles. The lowest BCUT2D eigenvalue weighted by Gasteiger charge is -2.18. The van der Waals surface area contributed by atoms with Crippen LogP contribution in [0.15, 0.2) is 81.0 Å². The maximum absolute atomic E-state index is 13.6. The van der Waals surface area contributed by atoms with Gasteiger partial charge in [-0.2, -0.15) is 5.10 Å². The smallest absolute Gasteiger partial charge is 0.313 e. The van der Waals surface area contributed by atoms with E-state index in [1.165, 1.54) is 5.01 Å². The number of carbonyl (C=O) groups excluding carboxylic acids is 1. The molecule has 0 unspecified atom stereocenters. The summed E-state index contributed by atoms with van der Waals surface area (Å²) in [6.07, 6.45) is 2.06. The van der Waals surface area contributed by atoms with Gasteiger partial charge in [0.15, 0.2) is 0 Å². The molecule has 0 saturated heterocycles. The molecule has 0 N–H and O–H groups in total. The summed E-state index contributed by atoms with van der Waals surface area (Å²) < 4.78 is 16.5. The van der Waals surface area contributed by atoms with E-state index in [0.29, 0.717) is 39.8 Å². The number of nitrogens with zero attached hydrogens (tertiary/aromatic N) is 3. The minimum atomic E-state index is -0.415. The van der Waals surface area contributed by atoms with E-state index in [-0.39, 0.29) is 5.76 Å². The number of amides is 1. The topological polar surface area (TPSA) is 81.1 Å². The molecule has 1 atom stereocenters. The van der Waals surface area contributed by atoms with Gasteiger partial charge in [-0.1, -0.05) is 47.1 Å². The summed E-state index contributed by atoms with van der Waals surface area (Å²) >= 11 is 6.33. The first kappa shape index (κ1) is 21.0. The number of carbonyl (C=O) groups is 1. The number of aromatic nitrogens is 1. The highest BCUT2D eigenvalue weighted by atomic mass is 35.5. The lowest BCUT2D eigenvalue weighted by atomic mass is 10.0. The molecule has 1 aliphatic heterocycles. The van der Waals surface area contributed by atoms with Crippen molar-refractivity contribution in [2.45, 2.75) is 19.4 Å². The van der Waals surface area contributed by atoms with Crippen LogP contribution in [0.25, 0.3) is 11.3 Å². The fraction of sp³-hybridized carbons (Fsp3) is 0.160. The van der Waals surface area contributed by atoms with Gasteiger partial charge in [0.1, 0.15) is 23.2 Å². The van der Waals surface area contributed by atoms with E-state index in [9.17, 15) is 4.79 Å². The SMILES string of the molecule is COc1cccc(C2=NN(C(=O)c3onc(-c4ccccc4Cl)c3C)[C@@H](c3ccco3)C2)c1. The number of ether oxygens (including phenoxy) is 1. The number of hydrogen-bond donors (Lipinski definition) is 0. The van der Waals surface area contributed by atoms with Crippen LogP contribution in [0.3, 0.4) is 0 Å². The van der Waals surface area contributed by atoms with E-state index in [1.807, 2.05) is 48.5 Å². The first-order valence-electron chi connectivity index (χ1n) is 10.4. The molecule has 166 valence electrons. The zero-order chi connectivity index (χ0) is 22.9. The van der Waals surface area contributed by atoms with Gasteiger partial charge < -0.3 is 13.7 Å². The highest BCUT2D eigenvalue weighted by molar-refractivity contribution is 6.33. The van der Waals surface area contributed by atoms with Crippen molar-refractivity contribution in [3.8, 4) is 17.0 Å². The van der Waals surface area contributed by atoms with Crippen molar-refractivity contribution in [1.29, 1.82) is 0 Å². The van der Waals surface area contributed by atoms with Crippen LogP contribution in [0, 0.1) is 6.92 Å². The maximum Gasteiger partial charge on any atom is 0.313 e. The van der Waals surface area contributed by atoms with Gasteiger partial charge in [0.2, 0.25) is 5.76 Å². The Morgan fingerprint density at radius 1 is 1.15 bits per heavy atom. The molecular formula is C25H20ClN3O4. The van der Waals surface area contributed by atoms with E-state index in [1.54, 1.807) is 32.4 Å². The van der Waals surface area contributed by atoms with E-state index < -0.39 is 11.9 Å². The number of hydrazone groups is 1. The molecule has 8 heteroatoms. The van der Waals surface area contributed by atoms with Crippen LogP contribution in [0.1, 0.15) is 39.9 Å². The summed E-state index contributed by atoms with van der Waals surface area (Å²) in [6, 6.07) is 18.1. The minimum absolute atomic E-state index is 0.108. The summed E-state index contributed by atoms with van der Waals surface area (Å²) in [7, 11) is 1.61. The summed E-state index contributed by atoms with van der Waals surface area (Å²) in [5.74, 6) is 1.05. The quantitative estimate of drug-likeness (QED) is 0.369. The molecular weight excluding hydrogens is 442 g/mol. The van der Waals surface area contributed by atoms with Crippen molar-refractivity contribution in [2.24, 2.45) is 5.10 Å². The highest BCUT2D eigenvalue weighted by Gasteiger charge is 2.38. The Morgan fingerprint density at radius 2 is 2.00 bits per heavy atom. The van der Waals surface area contributed by atoms with Crippen LogP contribution in [0.4, 0.5) is 0 Å². The van der Waals surface area contributed by atoms with Crippen LogP contribution < -0.4 is 4.74 Å². The zero-order valence-corrected chi connectivity index (χ0v) is 18.7. The molecule has 3 heterocycles. The molecule has 1 aliphatic rings. The predicted octanol–water partition coefficient (Wildman–Crippen LogP) is 5.90. The fourth-order valence-electron chi connectivity index (χ4n) is 3.92. The summed E-state index contributed by atoms with van der Waals surface area (Å²) in [4.78, 5) is 13.6. The molecule has 0 spiro atoms. The van der Waals surface area contributed by atoms with Crippen molar-refractivity contribution in [3.63, 3.8) is 0 Å². The number of methoxy groups -OCH3 is 1. The molecule has 4 aromatic rings. The Labute approximate surface area is 195 Å². The summed E-state index contributed by atoms with van der Waals surface area (Å²) in [5.41, 5.74) is 3.43. The normalized spacial score (nSPS) is 15.5. The Morgan fingerprint density at radius 3 is 2.76 bits per heavy atom. The van der Waals surface area contributed by atoms with Gasteiger partial charge in [-0.3, -0.25) is 4.79 Å². The maximum atomic E-state index is 13.6. The number of furan rings is 1. The average molecular weight is 462 g/mol. The lowest BCUT2D eigenvalue weighted by Crippen LogP contribution is -2.27. The molecule has 0 aliphatic carbocycles. The Bertz CT molecular complexity index is 1340. The monoisotopic (exact) mass is 461 g/mol. The van der Waals surface area contributed by atoms with Crippen molar-refractivity contribution >= 4 is 23.2 Å². The molecule has 33 heavy (non-hydrogen) atoms. The van der Waals surface area contributed by atoms with E-state index in [0.717, 1.165) is 11.3 Å². The molecule has 7 nitrogen and oxygen atoms in total. The van der Waals surface area contributed by atoms with Gasteiger partial charge >= 0.3 is 5.91 Å². The molecule has 1 amide bonds. The first-order chi connectivity index (χ1) is 16.1. The second kappa shape index (κ2) is 8.60. The fourth-order valence-corrected chi connectivity index (χ4v) is 4.15. The zero-order valence-electron chi connectivity index (χ0n) is 18.0. The minimum Gasteiger partial charge on any atom is -0.497 e. The largest absolute Gasteiger partial charge is 0.497 e. The van der Waals surface area contributed by atoms with Gasteiger partial charge in [-0.05, 0) is 37.3 Å². The number of halogens is 1. The second-order valence-electron chi connectivity index (χ2n) is 7.63. The summed E-state index contributed by atoms with van der Waals surface area (Å²) in [5, 5.41) is 10.7. The predicted molar refractivity (Wildman–Crippen MR) is 123 cm³/mol. The van der Waals surface area contributed by atoms with Crippen LogP contribution >= 0.6 is 11.6 Å². The van der Waals surface area contributed by atoms with Gasteiger partial charge in [0, 0.05) is 23.1 Å². The van der Waals surface area contributed by atoms with Crippen LogP contribution in [-0.2, 0) is 0 Å². The van der Waals surface area contributed by atoms with Crippen molar-refractivity contribution < 1.29 is 18.5 Å². The molecule has 0 radical (unpaired) electrons. The number of hydrogen-bond acceptors (Lipinski definition) is 6. The van der Waals surface area contributed by atoms with Crippen LogP contribution in [0.5, 0.6) is 5.75 Å². The highest BCUT2D eigenvalue weighted by Crippen LogP contribution is 2.37. The molecule has 5 rings (SSSR count). The van der Waals surface area contributed by atoms with E-state index in [4.69, 9.17) is 25.3 Å². The number of rotatable bonds is 5. The van der Waals surface area contributed by atoms with Gasteiger partial charge in [0.25, 0.3) is 0 Å². The van der Waals surface area contributed by atoms with E-state index in [2.05, 4.69) is 10.3 Å². The molecule has 2 aromatic carbocycles. The third-order valence-electron chi connectivity index (χ3n) is 5.64. The third kappa shape index (κ3) is 3.81. The van der Waals surface area contributed by atoms with Gasteiger partial charge in [-0.15, -0.1) is 0 Å². The van der Waals surface area contributed by atoms with Crippen molar-refractivity contribution in [1.82, 2.24) is 10.2 Å². The third-order valence-corrected chi connectivity index (χ3v) is 5.97. The van der Waals surface area contributed by atoms with Gasteiger partial charge in [0.05, 0.1) is 24.1 Å². The number of benzene rings is 2. The molecule has 0 saturated carbocycles. The van der Waals surface area contributed by atoms with Gasteiger partial charge in [-0.25, -0.2) is 5.01 Å². The van der Waals surface area contributed by atoms with Crippen molar-refractivity contribution in [2.75, 3.05) is 7.11 Å². The lowest BCUT2D eigenvalue weighted by molar-refractivity contribution is 0.0649. The Balaban J connectivity index is 1.53. The average Bonchev–Trinajstić information content (AvgIpc) is 3.59. The standard InChI is InChI=1S/C25H20ClN3O4/c1-15-23(18-9-3-4-10-19(18)26)28-33-24(15)25(30)29-21(22-11-6-12-32-22)14-20(27-29)16-7-5-8-17(13-16)31-2/h3-13,21H,14H2,1-2H3/t21-/m1/s1. The first-order valence-corrected chi connectivity index (χ1v) is 10.7. The van der Waals surface area contributed by atoms with Crippen molar-refractivity contribution in [3.05, 3.63) is 94.6 Å². The van der Waals surface area contributed by atoms with Crippen LogP contribution in [-0.4, -0.2) is 28.9 Å². The second-order valence-corrected chi connectivity index (χ2v) is 8.04. The molecule has 0 fully saturated rings. The Kier molecular flexibility index (Phi) is 5.48. The van der Waals surface area contributed by atoms with E-state index >= 15 is 0 Å².